The maximum Gasteiger partial charge on any atom is 0.573 e. The average Bonchev–Trinajstić information content (AvgIpc) is 2.92. The summed E-state index contributed by atoms with van der Waals surface area (Å²) >= 11 is 0. The number of nitrogens with two attached hydrogens (primary N) is 1. The first-order valence-electron chi connectivity index (χ1n) is 6.92. The molecule has 2 rings (SSSR count). The Labute approximate surface area is 121 Å². The number of nitrogens with one attached hydrogen (secondary N) is 1. The lowest BCUT2D eigenvalue weighted by Gasteiger charge is -2.21. The van der Waals surface area contributed by atoms with Gasteiger partial charge in [0.25, 0.3) is 0 Å². The van der Waals surface area contributed by atoms with E-state index in [-0.39, 0.29) is 11.9 Å². The van der Waals surface area contributed by atoms with E-state index >= 15 is 0 Å². The summed E-state index contributed by atoms with van der Waals surface area (Å²) in [6, 6.07) is 5.63. The van der Waals surface area contributed by atoms with E-state index in [0.717, 1.165) is 25.9 Å². The third kappa shape index (κ3) is 4.87. The Morgan fingerprint density at radius 2 is 2.14 bits per heavy atom. The van der Waals surface area contributed by atoms with Gasteiger partial charge in [-0.3, -0.25) is 11.3 Å². The van der Waals surface area contributed by atoms with Crippen LogP contribution in [0, 0.1) is 0 Å². The molecule has 0 aromatic heterocycles. The molecular weight excluding hydrogens is 285 g/mol. The molecule has 1 aliphatic rings. The number of ether oxygens (including phenoxy) is 2. The van der Waals surface area contributed by atoms with Gasteiger partial charge >= 0.3 is 6.36 Å². The van der Waals surface area contributed by atoms with E-state index in [4.69, 9.17) is 10.6 Å². The van der Waals surface area contributed by atoms with Gasteiger partial charge in [0.15, 0.2) is 0 Å². The smallest absolute Gasteiger partial charge is 0.405 e. The van der Waals surface area contributed by atoms with Crippen molar-refractivity contribution < 1.29 is 22.6 Å². The molecule has 2 unspecified atom stereocenters. The Bertz CT molecular complexity index is 448. The number of hydrogen-bond donors (Lipinski definition) is 2. The fourth-order valence-electron chi connectivity index (χ4n) is 2.54. The Kier molecular flexibility index (Phi) is 5.44. The minimum atomic E-state index is -4.72. The van der Waals surface area contributed by atoms with Crippen molar-refractivity contribution in [3.8, 4) is 5.75 Å². The van der Waals surface area contributed by atoms with Gasteiger partial charge in [-0.15, -0.1) is 13.2 Å². The highest BCUT2D eigenvalue weighted by molar-refractivity contribution is 5.36. The van der Waals surface area contributed by atoms with Crippen LogP contribution in [0.15, 0.2) is 24.3 Å². The lowest BCUT2D eigenvalue weighted by Crippen LogP contribution is -2.30. The summed E-state index contributed by atoms with van der Waals surface area (Å²) in [5.41, 5.74) is 2.96. The summed E-state index contributed by atoms with van der Waals surface area (Å²) in [4.78, 5) is 0. The monoisotopic (exact) mass is 304 g/mol. The standard InChI is InChI=1S/C14H19F3N2O2/c15-14(16,17)21-13-6-2-1-5-11(13)12(19-18)8-7-10-4-3-9-20-10/h1-2,5-6,10,12,19H,3-4,7-9,18H2. The molecule has 0 amide bonds. The maximum absolute atomic E-state index is 12.4. The predicted molar refractivity (Wildman–Crippen MR) is 71.4 cm³/mol. The molecule has 7 heteroatoms. The molecule has 2 atom stereocenters. The quantitative estimate of drug-likeness (QED) is 0.626. The second-order valence-electron chi connectivity index (χ2n) is 5.02. The van der Waals surface area contributed by atoms with Gasteiger partial charge in [0.05, 0.1) is 6.10 Å². The molecular formula is C14H19F3N2O2. The van der Waals surface area contributed by atoms with E-state index in [9.17, 15) is 13.2 Å². The Balaban J connectivity index is 2.05. The number of alkyl halides is 3. The normalized spacial score (nSPS) is 20.5. The number of hydrazine groups is 1. The molecule has 1 fully saturated rings. The number of hydrogen-bond acceptors (Lipinski definition) is 4. The summed E-state index contributed by atoms with van der Waals surface area (Å²) < 4.78 is 46.9. The molecule has 118 valence electrons. The third-order valence-corrected chi connectivity index (χ3v) is 3.52. The first-order chi connectivity index (χ1) is 9.99. The van der Waals surface area contributed by atoms with Crippen molar-refractivity contribution in [2.75, 3.05) is 6.61 Å². The average molecular weight is 304 g/mol. The van der Waals surface area contributed by atoms with Crippen LogP contribution >= 0.6 is 0 Å². The molecule has 0 saturated carbocycles. The Morgan fingerprint density at radius 3 is 2.76 bits per heavy atom. The molecule has 1 aromatic rings. The van der Waals surface area contributed by atoms with Gasteiger partial charge in [-0.05, 0) is 31.7 Å². The highest BCUT2D eigenvalue weighted by Crippen LogP contribution is 2.32. The van der Waals surface area contributed by atoms with Gasteiger partial charge < -0.3 is 9.47 Å². The molecule has 1 aromatic carbocycles. The van der Waals surface area contributed by atoms with E-state index in [1.54, 1.807) is 12.1 Å². The molecule has 0 aliphatic carbocycles. The van der Waals surface area contributed by atoms with Gasteiger partial charge in [0, 0.05) is 18.2 Å². The van der Waals surface area contributed by atoms with Gasteiger partial charge in [-0.1, -0.05) is 18.2 Å². The molecule has 0 spiro atoms. The van der Waals surface area contributed by atoms with E-state index in [0.29, 0.717) is 12.0 Å². The third-order valence-electron chi connectivity index (χ3n) is 3.52. The van der Waals surface area contributed by atoms with Crippen LogP contribution in [0.25, 0.3) is 0 Å². The lowest BCUT2D eigenvalue weighted by atomic mass is 9.99. The van der Waals surface area contributed by atoms with Crippen LogP contribution in [-0.4, -0.2) is 19.1 Å². The molecule has 0 radical (unpaired) electrons. The predicted octanol–water partition coefficient (Wildman–Crippen LogP) is 3.05. The van der Waals surface area contributed by atoms with E-state index in [2.05, 4.69) is 10.2 Å². The molecule has 1 heterocycles. The second-order valence-corrected chi connectivity index (χ2v) is 5.02. The van der Waals surface area contributed by atoms with Gasteiger partial charge in [-0.2, -0.15) is 0 Å². The largest absolute Gasteiger partial charge is 0.573 e. The highest BCUT2D eigenvalue weighted by Gasteiger charge is 2.33. The van der Waals surface area contributed by atoms with E-state index < -0.39 is 12.4 Å². The second kappa shape index (κ2) is 7.11. The minimum absolute atomic E-state index is 0.163. The van der Waals surface area contributed by atoms with Crippen molar-refractivity contribution in [1.82, 2.24) is 5.43 Å². The zero-order valence-electron chi connectivity index (χ0n) is 11.5. The van der Waals surface area contributed by atoms with Gasteiger partial charge in [0.2, 0.25) is 0 Å². The van der Waals surface area contributed by atoms with Gasteiger partial charge in [0.1, 0.15) is 5.75 Å². The first-order valence-corrected chi connectivity index (χ1v) is 6.92. The molecule has 3 N–H and O–H groups in total. The molecule has 21 heavy (non-hydrogen) atoms. The van der Waals surface area contributed by atoms with Crippen LogP contribution in [0.4, 0.5) is 13.2 Å². The highest BCUT2D eigenvalue weighted by atomic mass is 19.4. The van der Waals surface area contributed by atoms with Crippen LogP contribution in [0.3, 0.4) is 0 Å². The zero-order valence-corrected chi connectivity index (χ0v) is 11.5. The van der Waals surface area contributed by atoms with Crippen molar-refractivity contribution in [1.29, 1.82) is 0 Å². The Hall–Kier alpha value is -1.31. The first kappa shape index (κ1) is 16.1. The molecule has 0 bridgehead atoms. The minimum Gasteiger partial charge on any atom is -0.405 e. The summed E-state index contributed by atoms with van der Waals surface area (Å²) in [5.74, 6) is 5.27. The topological polar surface area (TPSA) is 56.5 Å². The maximum atomic E-state index is 12.4. The van der Waals surface area contributed by atoms with E-state index in [1.807, 2.05) is 0 Å². The fraction of sp³-hybridized carbons (Fsp3) is 0.571. The summed E-state index contributed by atoms with van der Waals surface area (Å²) in [5, 5.41) is 0. The van der Waals surface area contributed by atoms with Crippen molar-refractivity contribution in [2.24, 2.45) is 5.84 Å². The van der Waals surface area contributed by atoms with Crippen LogP contribution in [-0.2, 0) is 4.74 Å². The SMILES string of the molecule is NNC(CCC1CCCO1)c1ccccc1OC(F)(F)F. The van der Waals surface area contributed by atoms with Crippen molar-refractivity contribution in [2.45, 2.75) is 44.2 Å². The number of halogens is 3. The van der Waals surface area contributed by atoms with E-state index in [1.165, 1.54) is 12.1 Å². The zero-order chi connectivity index (χ0) is 15.3. The summed E-state index contributed by atoms with van der Waals surface area (Å²) in [6.07, 6.45) is -1.22. The van der Waals surface area contributed by atoms with Crippen LogP contribution in [0.2, 0.25) is 0 Å². The van der Waals surface area contributed by atoms with Crippen molar-refractivity contribution >= 4 is 0 Å². The lowest BCUT2D eigenvalue weighted by molar-refractivity contribution is -0.275. The van der Waals surface area contributed by atoms with Crippen molar-refractivity contribution in [3.63, 3.8) is 0 Å². The Morgan fingerprint density at radius 1 is 1.38 bits per heavy atom. The molecule has 4 nitrogen and oxygen atoms in total. The summed E-state index contributed by atoms with van der Waals surface area (Å²) in [7, 11) is 0. The van der Waals surface area contributed by atoms with Crippen LogP contribution in [0.1, 0.15) is 37.3 Å². The van der Waals surface area contributed by atoms with Gasteiger partial charge in [-0.25, -0.2) is 0 Å². The fourth-order valence-corrected chi connectivity index (χ4v) is 2.54. The number of para-hydroxylation sites is 1. The van der Waals surface area contributed by atoms with Crippen LogP contribution in [0.5, 0.6) is 5.75 Å². The van der Waals surface area contributed by atoms with Crippen molar-refractivity contribution in [3.05, 3.63) is 29.8 Å². The summed E-state index contributed by atoms with van der Waals surface area (Å²) in [6.45, 7) is 0.749. The number of benzene rings is 1. The number of rotatable bonds is 6. The molecule has 1 saturated heterocycles. The van der Waals surface area contributed by atoms with Crippen LogP contribution < -0.4 is 16.0 Å². The molecule has 1 aliphatic heterocycles.